The summed E-state index contributed by atoms with van der Waals surface area (Å²) < 4.78 is 0. The molecule has 0 aliphatic heterocycles. The molecule has 0 saturated carbocycles. The summed E-state index contributed by atoms with van der Waals surface area (Å²) in [6.45, 7) is 2.41. The van der Waals surface area contributed by atoms with Gasteiger partial charge in [-0.15, -0.1) is 11.6 Å². The van der Waals surface area contributed by atoms with Crippen LogP contribution in [0.25, 0.3) is 0 Å². The van der Waals surface area contributed by atoms with Gasteiger partial charge in [-0.05, 0) is 18.8 Å². The van der Waals surface area contributed by atoms with Gasteiger partial charge in [-0.3, -0.25) is 0 Å². The Bertz CT molecular complexity index is 52.9. The summed E-state index contributed by atoms with van der Waals surface area (Å²) in [6.07, 6.45) is 3.16. The third-order valence-electron chi connectivity index (χ3n) is 1.58. The molecule has 0 aliphatic carbocycles. The summed E-state index contributed by atoms with van der Waals surface area (Å²) in [7, 11) is 0. The van der Waals surface area contributed by atoms with Gasteiger partial charge in [0.1, 0.15) is 0 Å². The zero-order valence-electron chi connectivity index (χ0n) is 5.94. The van der Waals surface area contributed by atoms with E-state index in [0.717, 1.165) is 25.1 Å². The van der Waals surface area contributed by atoms with Gasteiger partial charge in [0.15, 0.2) is 0 Å². The lowest BCUT2D eigenvalue weighted by molar-refractivity contribution is 0.214. The lowest BCUT2D eigenvalue weighted by atomic mass is 10.0. The average molecular weight is 151 g/mol. The van der Waals surface area contributed by atoms with Crippen LogP contribution in [-0.2, 0) is 0 Å². The summed E-state index contributed by atoms with van der Waals surface area (Å²) >= 11 is 5.48. The Hall–Kier alpha value is 0.250. The van der Waals surface area contributed by atoms with Crippen LogP contribution in [0, 0.1) is 5.92 Å². The second kappa shape index (κ2) is 6.37. The van der Waals surface area contributed by atoms with Gasteiger partial charge in [-0.25, -0.2) is 0 Å². The Morgan fingerprint density at radius 3 is 2.56 bits per heavy atom. The molecule has 0 rings (SSSR count). The van der Waals surface area contributed by atoms with E-state index in [1.54, 1.807) is 0 Å². The van der Waals surface area contributed by atoms with Gasteiger partial charge in [-0.2, -0.15) is 0 Å². The maximum absolute atomic E-state index is 8.71. The van der Waals surface area contributed by atoms with Crippen LogP contribution in [0.15, 0.2) is 0 Å². The zero-order valence-corrected chi connectivity index (χ0v) is 6.69. The van der Waals surface area contributed by atoms with Gasteiger partial charge in [-0.1, -0.05) is 13.3 Å². The van der Waals surface area contributed by atoms with Crippen molar-refractivity contribution in [3.05, 3.63) is 0 Å². The first-order valence-electron chi connectivity index (χ1n) is 3.52. The van der Waals surface area contributed by atoms with E-state index in [4.69, 9.17) is 16.7 Å². The maximum atomic E-state index is 8.71. The molecule has 9 heavy (non-hydrogen) atoms. The summed E-state index contributed by atoms with van der Waals surface area (Å²) in [5, 5.41) is 8.71. The third-order valence-corrected chi connectivity index (χ3v) is 1.85. The van der Waals surface area contributed by atoms with E-state index in [2.05, 4.69) is 6.92 Å². The number of halogens is 1. The molecule has 0 aromatic heterocycles. The smallest absolute Gasteiger partial charge is 0.0459 e. The van der Waals surface area contributed by atoms with Crippen molar-refractivity contribution in [3.63, 3.8) is 0 Å². The molecule has 56 valence electrons. The van der Waals surface area contributed by atoms with E-state index >= 15 is 0 Å². The van der Waals surface area contributed by atoms with Gasteiger partial charge in [0, 0.05) is 12.5 Å². The molecule has 1 N–H and O–H groups in total. The van der Waals surface area contributed by atoms with Gasteiger partial charge < -0.3 is 5.11 Å². The molecule has 0 fully saturated rings. The topological polar surface area (TPSA) is 20.2 Å². The van der Waals surface area contributed by atoms with Crippen LogP contribution in [0.5, 0.6) is 0 Å². The minimum Gasteiger partial charge on any atom is -0.396 e. The SMILES string of the molecule is CCC(CO)CCCCl. The van der Waals surface area contributed by atoms with Crippen molar-refractivity contribution >= 4 is 11.6 Å². The summed E-state index contributed by atoms with van der Waals surface area (Å²) in [4.78, 5) is 0. The Morgan fingerprint density at radius 1 is 1.56 bits per heavy atom. The van der Waals surface area contributed by atoms with Crippen LogP contribution in [0.3, 0.4) is 0 Å². The molecule has 0 saturated heterocycles. The molecule has 1 nitrogen and oxygen atoms in total. The lowest BCUT2D eigenvalue weighted by Gasteiger charge is -2.08. The monoisotopic (exact) mass is 150 g/mol. The number of hydrogen-bond acceptors (Lipinski definition) is 1. The van der Waals surface area contributed by atoms with Gasteiger partial charge in [0.05, 0.1) is 0 Å². The summed E-state index contributed by atoms with van der Waals surface area (Å²) in [5.74, 6) is 1.19. The number of alkyl halides is 1. The molecule has 0 amide bonds. The summed E-state index contributed by atoms with van der Waals surface area (Å²) in [5.41, 5.74) is 0. The second-order valence-electron chi connectivity index (χ2n) is 2.29. The molecule has 1 unspecified atom stereocenters. The van der Waals surface area contributed by atoms with Crippen LogP contribution in [0.2, 0.25) is 0 Å². The molecular weight excluding hydrogens is 136 g/mol. The predicted molar refractivity (Wildman–Crippen MR) is 40.8 cm³/mol. The summed E-state index contributed by atoms with van der Waals surface area (Å²) in [6, 6.07) is 0. The predicted octanol–water partition coefficient (Wildman–Crippen LogP) is 2.02. The molecule has 0 bridgehead atoms. The van der Waals surface area contributed by atoms with Crippen LogP contribution in [-0.4, -0.2) is 17.6 Å². The minimum absolute atomic E-state index is 0.313. The molecular formula is C7H15ClO. The second-order valence-corrected chi connectivity index (χ2v) is 2.67. The van der Waals surface area contributed by atoms with Crippen LogP contribution in [0.4, 0.5) is 0 Å². The van der Waals surface area contributed by atoms with E-state index in [9.17, 15) is 0 Å². The first-order chi connectivity index (χ1) is 4.35. The number of aliphatic hydroxyl groups excluding tert-OH is 1. The van der Waals surface area contributed by atoms with Crippen molar-refractivity contribution < 1.29 is 5.11 Å². The highest BCUT2D eigenvalue weighted by molar-refractivity contribution is 6.17. The fraction of sp³-hybridized carbons (Fsp3) is 1.00. The van der Waals surface area contributed by atoms with Crippen molar-refractivity contribution in [2.45, 2.75) is 26.2 Å². The molecule has 0 spiro atoms. The normalized spacial score (nSPS) is 13.7. The van der Waals surface area contributed by atoms with E-state index in [1.165, 1.54) is 0 Å². The fourth-order valence-electron chi connectivity index (χ4n) is 0.790. The van der Waals surface area contributed by atoms with E-state index in [0.29, 0.717) is 12.5 Å². The molecule has 1 atom stereocenters. The van der Waals surface area contributed by atoms with Crippen molar-refractivity contribution in [3.8, 4) is 0 Å². The molecule has 0 heterocycles. The molecule has 0 aromatic rings. The highest BCUT2D eigenvalue weighted by atomic mass is 35.5. The number of rotatable bonds is 5. The van der Waals surface area contributed by atoms with E-state index in [-0.39, 0.29) is 0 Å². The quantitative estimate of drug-likeness (QED) is 0.595. The van der Waals surface area contributed by atoms with Crippen LogP contribution < -0.4 is 0 Å². The van der Waals surface area contributed by atoms with Crippen molar-refractivity contribution in [1.29, 1.82) is 0 Å². The lowest BCUT2D eigenvalue weighted by Crippen LogP contribution is -2.03. The fourth-order valence-corrected chi connectivity index (χ4v) is 0.945. The standard InChI is InChI=1S/C7H15ClO/c1-2-7(6-9)4-3-5-8/h7,9H,2-6H2,1H3. The Kier molecular flexibility index (Phi) is 6.55. The van der Waals surface area contributed by atoms with Gasteiger partial charge >= 0.3 is 0 Å². The average Bonchev–Trinajstić information content (AvgIpc) is 1.91. The minimum atomic E-state index is 0.313. The molecule has 0 aromatic carbocycles. The first-order valence-corrected chi connectivity index (χ1v) is 4.05. The highest BCUT2D eigenvalue weighted by Gasteiger charge is 2.01. The number of hydrogen-bond donors (Lipinski definition) is 1. The first kappa shape index (κ1) is 9.25. The van der Waals surface area contributed by atoms with Crippen molar-refractivity contribution in [2.24, 2.45) is 5.92 Å². The Morgan fingerprint density at radius 2 is 2.22 bits per heavy atom. The van der Waals surface area contributed by atoms with E-state index < -0.39 is 0 Å². The largest absolute Gasteiger partial charge is 0.396 e. The number of aliphatic hydroxyl groups is 1. The Labute approximate surface area is 62.0 Å². The van der Waals surface area contributed by atoms with Crippen LogP contribution >= 0.6 is 11.6 Å². The molecule has 0 radical (unpaired) electrons. The Balaban J connectivity index is 3.09. The zero-order chi connectivity index (χ0) is 7.11. The molecule has 2 heteroatoms. The van der Waals surface area contributed by atoms with Gasteiger partial charge in [0.25, 0.3) is 0 Å². The van der Waals surface area contributed by atoms with E-state index in [1.807, 2.05) is 0 Å². The van der Waals surface area contributed by atoms with Crippen molar-refractivity contribution in [1.82, 2.24) is 0 Å². The maximum Gasteiger partial charge on any atom is 0.0459 e. The third kappa shape index (κ3) is 4.73. The molecule has 0 aliphatic rings. The van der Waals surface area contributed by atoms with Crippen LogP contribution in [0.1, 0.15) is 26.2 Å². The highest BCUT2D eigenvalue weighted by Crippen LogP contribution is 2.09. The van der Waals surface area contributed by atoms with Crippen molar-refractivity contribution in [2.75, 3.05) is 12.5 Å². The van der Waals surface area contributed by atoms with Gasteiger partial charge in [0.2, 0.25) is 0 Å².